The highest BCUT2D eigenvalue weighted by Gasteiger charge is 2.46. The molecule has 2 aromatic rings. The quantitative estimate of drug-likeness (QED) is 0.410. The van der Waals surface area contributed by atoms with Crippen molar-refractivity contribution in [1.82, 2.24) is 4.98 Å². The Morgan fingerprint density at radius 3 is 2.53 bits per heavy atom. The molecule has 0 spiro atoms. The van der Waals surface area contributed by atoms with Crippen molar-refractivity contribution < 1.29 is 22.7 Å². The standard InChI is InChI=1S/C26H30BrClN2O5S/c1-2-35-26(32)22-14-20(36(33,34)19-5-3-18(27)4-6-19)15-25(31)21(22)13-17-8-11-30(12-9-17)24-7-10-29-16-23(24)28/h3-7,10,16-17,20-22H,2,8-9,11-15H2,1H3. The number of nitrogens with zero attached hydrogens (tertiary/aromatic N) is 2. The van der Waals surface area contributed by atoms with Crippen molar-refractivity contribution in [2.75, 3.05) is 24.6 Å². The van der Waals surface area contributed by atoms with Gasteiger partial charge in [-0.1, -0.05) is 27.5 Å². The largest absolute Gasteiger partial charge is 0.466 e. The van der Waals surface area contributed by atoms with Gasteiger partial charge in [0, 0.05) is 42.3 Å². The number of carbonyl (C=O) groups is 2. The van der Waals surface area contributed by atoms with Crippen LogP contribution in [0.25, 0.3) is 0 Å². The van der Waals surface area contributed by atoms with E-state index < -0.39 is 32.9 Å². The number of ether oxygens (including phenoxy) is 1. The average Bonchev–Trinajstić information content (AvgIpc) is 2.86. The van der Waals surface area contributed by atoms with Gasteiger partial charge in [-0.3, -0.25) is 14.6 Å². The van der Waals surface area contributed by atoms with Crippen LogP contribution in [0.3, 0.4) is 0 Å². The van der Waals surface area contributed by atoms with Crippen LogP contribution in [0.1, 0.15) is 39.0 Å². The summed E-state index contributed by atoms with van der Waals surface area (Å²) in [6.45, 7) is 3.49. The maximum absolute atomic E-state index is 13.3. The fourth-order valence-electron chi connectivity index (χ4n) is 5.38. The molecule has 1 saturated heterocycles. The minimum absolute atomic E-state index is 0.0789. The second-order valence-corrected chi connectivity index (χ2v) is 13.0. The first-order chi connectivity index (χ1) is 17.2. The van der Waals surface area contributed by atoms with Crippen molar-refractivity contribution in [3.63, 3.8) is 0 Å². The summed E-state index contributed by atoms with van der Waals surface area (Å²) in [5, 5.41) is -0.327. The van der Waals surface area contributed by atoms with Gasteiger partial charge >= 0.3 is 5.97 Å². The molecule has 194 valence electrons. The fourth-order valence-corrected chi connectivity index (χ4v) is 7.63. The molecule has 3 unspecified atom stereocenters. The summed E-state index contributed by atoms with van der Waals surface area (Å²) >= 11 is 9.62. The number of rotatable bonds is 7. The number of halogens is 2. The lowest BCUT2D eigenvalue weighted by Crippen LogP contribution is -2.44. The number of ketones is 1. The number of benzene rings is 1. The SMILES string of the molecule is CCOC(=O)C1CC(S(=O)(=O)c2ccc(Br)cc2)CC(=O)C1CC1CCN(c2ccncc2Cl)CC1. The summed E-state index contributed by atoms with van der Waals surface area (Å²) in [5.74, 6) is -1.67. The van der Waals surface area contributed by atoms with Crippen LogP contribution in [0.15, 0.2) is 52.1 Å². The zero-order chi connectivity index (χ0) is 25.9. The maximum atomic E-state index is 13.3. The van der Waals surface area contributed by atoms with E-state index in [1.165, 1.54) is 12.1 Å². The van der Waals surface area contributed by atoms with Crippen molar-refractivity contribution in [2.24, 2.45) is 17.8 Å². The second kappa shape index (κ2) is 11.6. The van der Waals surface area contributed by atoms with Crippen LogP contribution in [0.2, 0.25) is 5.02 Å². The monoisotopic (exact) mass is 596 g/mol. The van der Waals surface area contributed by atoms with Gasteiger partial charge in [0.1, 0.15) is 5.78 Å². The van der Waals surface area contributed by atoms with E-state index in [4.69, 9.17) is 16.3 Å². The fraction of sp³-hybridized carbons (Fsp3) is 0.500. The summed E-state index contributed by atoms with van der Waals surface area (Å²) < 4.78 is 32.7. The molecule has 0 bridgehead atoms. The van der Waals surface area contributed by atoms with Gasteiger partial charge in [-0.15, -0.1) is 0 Å². The van der Waals surface area contributed by atoms with Crippen molar-refractivity contribution in [3.8, 4) is 0 Å². The Bertz CT molecular complexity index is 1200. The summed E-state index contributed by atoms with van der Waals surface area (Å²) in [7, 11) is -3.77. The smallest absolute Gasteiger partial charge is 0.309 e. The molecule has 1 aliphatic carbocycles. The molecule has 0 N–H and O–H groups in total. The number of piperidine rings is 1. The molecule has 0 amide bonds. The van der Waals surface area contributed by atoms with Crippen LogP contribution < -0.4 is 4.90 Å². The molecule has 10 heteroatoms. The molecule has 2 fully saturated rings. The highest BCUT2D eigenvalue weighted by molar-refractivity contribution is 9.10. The first-order valence-electron chi connectivity index (χ1n) is 12.2. The van der Waals surface area contributed by atoms with Crippen LogP contribution in [-0.2, 0) is 24.2 Å². The molecule has 2 heterocycles. The lowest BCUT2D eigenvalue weighted by molar-refractivity contribution is -0.154. The Morgan fingerprint density at radius 2 is 1.89 bits per heavy atom. The maximum Gasteiger partial charge on any atom is 0.309 e. The minimum atomic E-state index is -3.77. The number of aromatic nitrogens is 1. The summed E-state index contributed by atoms with van der Waals surface area (Å²) in [6, 6.07) is 8.27. The number of hydrogen-bond acceptors (Lipinski definition) is 7. The number of esters is 1. The van der Waals surface area contributed by atoms with E-state index in [1.54, 1.807) is 31.5 Å². The molecule has 1 aliphatic heterocycles. The third-order valence-electron chi connectivity index (χ3n) is 7.31. The van der Waals surface area contributed by atoms with Gasteiger partial charge in [0.2, 0.25) is 0 Å². The zero-order valence-corrected chi connectivity index (χ0v) is 23.3. The van der Waals surface area contributed by atoms with E-state index in [1.807, 2.05) is 6.07 Å². The van der Waals surface area contributed by atoms with Gasteiger partial charge < -0.3 is 9.64 Å². The number of anilines is 1. The van der Waals surface area contributed by atoms with Crippen LogP contribution >= 0.6 is 27.5 Å². The predicted octanol–water partition coefficient (Wildman–Crippen LogP) is 5.10. The van der Waals surface area contributed by atoms with E-state index >= 15 is 0 Å². The normalized spacial score (nSPS) is 23.5. The summed E-state index contributed by atoms with van der Waals surface area (Å²) in [5.41, 5.74) is 0.948. The van der Waals surface area contributed by atoms with E-state index in [-0.39, 0.29) is 36.0 Å². The van der Waals surface area contributed by atoms with Crippen LogP contribution in [-0.4, -0.2) is 50.1 Å². The third-order valence-corrected chi connectivity index (χ3v) is 10.3. The molecule has 2 aliphatic rings. The van der Waals surface area contributed by atoms with E-state index in [2.05, 4.69) is 25.8 Å². The highest BCUT2D eigenvalue weighted by Crippen LogP contribution is 2.40. The number of sulfone groups is 1. The van der Waals surface area contributed by atoms with Crippen molar-refractivity contribution in [3.05, 3.63) is 52.2 Å². The molecule has 36 heavy (non-hydrogen) atoms. The molecule has 0 radical (unpaired) electrons. The Hall–Kier alpha value is -1.97. The zero-order valence-electron chi connectivity index (χ0n) is 20.1. The molecular formula is C26H30BrClN2O5S. The highest BCUT2D eigenvalue weighted by atomic mass is 79.9. The number of Topliss-reactive ketones (excluding diaryl/α,β-unsaturated/α-hetero) is 1. The first kappa shape index (κ1) is 27.1. The van der Waals surface area contributed by atoms with Crippen molar-refractivity contribution in [1.29, 1.82) is 0 Å². The summed E-state index contributed by atoms with van der Waals surface area (Å²) in [4.78, 5) is 32.7. The molecule has 7 nitrogen and oxygen atoms in total. The van der Waals surface area contributed by atoms with Crippen molar-refractivity contribution in [2.45, 2.75) is 49.2 Å². The molecule has 1 aromatic heterocycles. The van der Waals surface area contributed by atoms with Gasteiger partial charge in [-0.2, -0.15) is 0 Å². The van der Waals surface area contributed by atoms with E-state index in [9.17, 15) is 18.0 Å². The summed E-state index contributed by atoms with van der Waals surface area (Å²) in [6.07, 6.45) is 5.65. The Kier molecular flexibility index (Phi) is 8.73. The third kappa shape index (κ3) is 5.94. The minimum Gasteiger partial charge on any atom is -0.466 e. The van der Waals surface area contributed by atoms with E-state index in [0.29, 0.717) is 11.4 Å². The van der Waals surface area contributed by atoms with E-state index in [0.717, 1.165) is 36.1 Å². The topological polar surface area (TPSA) is 93.6 Å². The number of hydrogen-bond donors (Lipinski definition) is 0. The molecule has 1 aromatic carbocycles. The Balaban J connectivity index is 1.47. The molecule has 3 atom stereocenters. The van der Waals surface area contributed by atoms with Gasteiger partial charge in [0.15, 0.2) is 9.84 Å². The first-order valence-corrected chi connectivity index (χ1v) is 15.0. The number of carbonyl (C=O) groups excluding carboxylic acids is 2. The number of pyridine rings is 1. The molecule has 4 rings (SSSR count). The van der Waals surface area contributed by atoms with Gasteiger partial charge in [0.05, 0.1) is 33.4 Å². The Morgan fingerprint density at radius 1 is 1.19 bits per heavy atom. The Labute approximate surface area is 225 Å². The van der Waals surface area contributed by atoms with Gasteiger partial charge in [-0.05, 0) is 68.9 Å². The lowest BCUT2D eigenvalue weighted by Gasteiger charge is -2.38. The predicted molar refractivity (Wildman–Crippen MR) is 142 cm³/mol. The van der Waals surface area contributed by atoms with Crippen LogP contribution in [0.4, 0.5) is 5.69 Å². The van der Waals surface area contributed by atoms with Gasteiger partial charge in [-0.25, -0.2) is 8.42 Å². The molecular weight excluding hydrogens is 568 g/mol. The van der Waals surface area contributed by atoms with Crippen LogP contribution in [0.5, 0.6) is 0 Å². The second-order valence-electron chi connectivity index (χ2n) is 9.49. The molecule has 1 saturated carbocycles. The van der Waals surface area contributed by atoms with Gasteiger partial charge in [0.25, 0.3) is 0 Å². The van der Waals surface area contributed by atoms with Crippen LogP contribution in [0, 0.1) is 17.8 Å². The van der Waals surface area contributed by atoms with Crippen molar-refractivity contribution >= 4 is 54.8 Å². The average molecular weight is 598 g/mol. The lowest BCUT2D eigenvalue weighted by atomic mass is 9.72.